The molecular formula is C21H33N3O2. The Kier molecular flexibility index (Phi) is 7.06. The molecule has 0 aromatic heterocycles. The van der Waals surface area contributed by atoms with Crippen LogP contribution in [0.1, 0.15) is 31.2 Å². The molecule has 0 spiro atoms. The van der Waals surface area contributed by atoms with Crippen molar-refractivity contribution in [1.29, 1.82) is 0 Å². The number of β-amino-alcohol motifs (C(OH)–C–C–N with tert-alkyl or cyclic N) is 1. The zero-order valence-electron chi connectivity index (χ0n) is 16.0. The van der Waals surface area contributed by atoms with E-state index in [1.165, 1.54) is 5.56 Å². The predicted molar refractivity (Wildman–Crippen MR) is 104 cm³/mol. The number of aliphatic hydroxyl groups is 1. The van der Waals surface area contributed by atoms with Gasteiger partial charge in [0.2, 0.25) is 5.91 Å². The molecule has 5 nitrogen and oxygen atoms in total. The van der Waals surface area contributed by atoms with Crippen molar-refractivity contribution < 1.29 is 9.90 Å². The fraction of sp³-hybridized carbons (Fsp3) is 0.667. The van der Waals surface area contributed by atoms with Gasteiger partial charge in [-0.2, -0.15) is 0 Å². The largest absolute Gasteiger partial charge is 0.392 e. The summed E-state index contributed by atoms with van der Waals surface area (Å²) in [5.41, 5.74) is 1.38. The summed E-state index contributed by atoms with van der Waals surface area (Å²) in [6.07, 6.45) is 3.90. The molecule has 1 amide bonds. The SMILES string of the molecule is CN(CC1CCN(Cc2ccccc2)CC1)C(=O)CN1CCC[C@@H](O)C1. The van der Waals surface area contributed by atoms with E-state index in [1.807, 2.05) is 11.9 Å². The summed E-state index contributed by atoms with van der Waals surface area (Å²) in [6.45, 7) is 6.11. The molecule has 0 radical (unpaired) electrons. The van der Waals surface area contributed by atoms with Crippen molar-refractivity contribution in [1.82, 2.24) is 14.7 Å². The van der Waals surface area contributed by atoms with Gasteiger partial charge in [0.25, 0.3) is 0 Å². The Bertz CT molecular complexity index is 558. The molecule has 0 bridgehead atoms. The van der Waals surface area contributed by atoms with E-state index in [9.17, 15) is 9.90 Å². The van der Waals surface area contributed by atoms with Crippen LogP contribution in [-0.2, 0) is 11.3 Å². The summed E-state index contributed by atoms with van der Waals surface area (Å²) >= 11 is 0. The van der Waals surface area contributed by atoms with Gasteiger partial charge in [0.1, 0.15) is 0 Å². The third-order valence-electron chi connectivity index (χ3n) is 5.75. The molecule has 1 N–H and O–H groups in total. The van der Waals surface area contributed by atoms with Crippen LogP contribution in [0.2, 0.25) is 0 Å². The van der Waals surface area contributed by atoms with Crippen LogP contribution < -0.4 is 0 Å². The maximum atomic E-state index is 12.5. The van der Waals surface area contributed by atoms with Crippen LogP contribution in [-0.4, -0.2) is 78.1 Å². The van der Waals surface area contributed by atoms with Gasteiger partial charge in [-0.3, -0.25) is 14.6 Å². The van der Waals surface area contributed by atoms with Crippen molar-refractivity contribution in [2.45, 2.75) is 38.3 Å². The third kappa shape index (κ3) is 5.79. The van der Waals surface area contributed by atoms with Gasteiger partial charge >= 0.3 is 0 Å². The summed E-state index contributed by atoms with van der Waals surface area (Å²) in [7, 11) is 1.93. The first-order chi connectivity index (χ1) is 12.6. The Morgan fingerprint density at radius 2 is 1.85 bits per heavy atom. The number of carbonyl (C=O) groups is 1. The van der Waals surface area contributed by atoms with Crippen molar-refractivity contribution in [2.75, 3.05) is 46.3 Å². The van der Waals surface area contributed by atoms with Crippen LogP contribution in [0.3, 0.4) is 0 Å². The highest BCUT2D eigenvalue weighted by atomic mass is 16.3. The topological polar surface area (TPSA) is 47.0 Å². The zero-order chi connectivity index (χ0) is 18.4. The molecule has 2 saturated heterocycles. The van der Waals surface area contributed by atoms with E-state index in [0.29, 0.717) is 19.0 Å². The molecule has 26 heavy (non-hydrogen) atoms. The van der Waals surface area contributed by atoms with Crippen LogP contribution in [0.25, 0.3) is 0 Å². The Morgan fingerprint density at radius 3 is 2.54 bits per heavy atom. The van der Waals surface area contributed by atoms with Gasteiger partial charge in [0.05, 0.1) is 12.6 Å². The lowest BCUT2D eigenvalue weighted by Crippen LogP contribution is -2.46. The molecule has 2 heterocycles. The second-order valence-corrected chi connectivity index (χ2v) is 8.01. The number of hydrogen-bond donors (Lipinski definition) is 1. The molecule has 0 unspecified atom stereocenters. The fourth-order valence-electron chi connectivity index (χ4n) is 4.14. The number of amides is 1. The Morgan fingerprint density at radius 1 is 1.12 bits per heavy atom. The van der Waals surface area contributed by atoms with Crippen molar-refractivity contribution in [3.8, 4) is 0 Å². The molecule has 1 atom stereocenters. The zero-order valence-corrected chi connectivity index (χ0v) is 16.0. The summed E-state index contributed by atoms with van der Waals surface area (Å²) < 4.78 is 0. The second kappa shape index (κ2) is 9.49. The number of likely N-dealkylation sites (N-methyl/N-ethyl adjacent to an activating group) is 1. The first kappa shape index (κ1) is 19.3. The molecule has 1 aromatic rings. The molecule has 144 valence electrons. The summed E-state index contributed by atoms with van der Waals surface area (Å²) in [6, 6.07) is 10.6. The predicted octanol–water partition coefficient (Wildman–Crippen LogP) is 1.81. The van der Waals surface area contributed by atoms with Gasteiger partial charge in [-0.25, -0.2) is 0 Å². The van der Waals surface area contributed by atoms with E-state index in [2.05, 4.69) is 40.1 Å². The maximum absolute atomic E-state index is 12.5. The standard InChI is InChI=1S/C21H33N3O2/c1-22(21(26)17-24-11-5-8-20(25)16-24)14-19-9-12-23(13-10-19)15-18-6-3-2-4-7-18/h2-4,6-7,19-20,25H,5,8-17H2,1H3/t20-/m1/s1. The van der Waals surface area contributed by atoms with Crippen LogP contribution in [0.4, 0.5) is 0 Å². The van der Waals surface area contributed by atoms with Crippen LogP contribution in [0.5, 0.6) is 0 Å². The molecule has 2 fully saturated rings. The first-order valence-corrected chi connectivity index (χ1v) is 10.0. The maximum Gasteiger partial charge on any atom is 0.236 e. The lowest BCUT2D eigenvalue weighted by atomic mass is 9.96. The number of piperidine rings is 2. The summed E-state index contributed by atoms with van der Waals surface area (Å²) in [5.74, 6) is 0.786. The Labute approximate surface area is 157 Å². The number of carbonyl (C=O) groups excluding carboxylic acids is 1. The third-order valence-corrected chi connectivity index (χ3v) is 5.75. The van der Waals surface area contributed by atoms with Crippen molar-refractivity contribution >= 4 is 5.91 Å². The van der Waals surface area contributed by atoms with E-state index < -0.39 is 0 Å². The molecule has 1 aromatic carbocycles. The minimum absolute atomic E-state index is 0.186. The highest BCUT2D eigenvalue weighted by Gasteiger charge is 2.24. The van der Waals surface area contributed by atoms with Gasteiger partial charge in [-0.1, -0.05) is 30.3 Å². The van der Waals surface area contributed by atoms with Crippen molar-refractivity contribution in [2.24, 2.45) is 5.92 Å². The fourth-order valence-corrected chi connectivity index (χ4v) is 4.14. The summed E-state index contributed by atoms with van der Waals surface area (Å²) in [4.78, 5) is 19.0. The lowest BCUT2D eigenvalue weighted by Gasteiger charge is -2.35. The molecule has 2 aliphatic rings. The quantitative estimate of drug-likeness (QED) is 0.842. The number of likely N-dealkylation sites (tertiary alicyclic amines) is 2. The Hall–Kier alpha value is -1.43. The number of aliphatic hydroxyl groups excluding tert-OH is 1. The minimum atomic E-state index is -0.268. The molecular weight excluding hydrogens is 326 g/mol. The molecule has 0 saturated carbocycles. The van der Waals surface area contributed by atoms with Gasteiger partial charge in [-0.15, -0.1) is 0 Å². The molecule has 2 aliphatic heterocycles. The first-order valence-electron chi connectivity index (χ1n) is 10.0. The van der Waals surface area contributed by atoms with Crippen molar-refractivity contribution in [3.63, 3.8) is 0 Å². The average Bonchev–Trinajstić information content (AvgIpc) is 2.64. The van der Waals surface area contributed by atoms with Crippen molar-refractivity contribution in [3.05, 3.63) is 35.9 Å². The van der Waals surface area contributed by atoms with Gasteiger partial charge in [0, 0.05) is 26.7 Å². The van der Waals surface area contributed by atoms with Crippen LogP contribution in [0.15, 0.2) is 30.3 Å². The number of rotatable bonds is 6. The monoisotopic (exact) mass is 359 g/mol. The number of hydrogen-bond acceptors (Lipinski definition) is 4. The molecule has 3 rings (SSSR count). The minimum Gasteiger partial charge on any atom is -0.392 e. The highest BCUT2D eigenvalue weighted by molar-refractivity contribution is 5.78. The Balaban J connectivity index is 1.37. The van der Waals surface area contributed by atoms with Crippen LogP contribution >= 0.6 is 0 Å². The summed E-state index contributed by atoms with van der Waals surface area (Å²) in [5, 5.41) is 9.75. The second-order valence-electron chi connectivity index (χ2n) is 8.01. The van der Waals surface area contributed by atoms with E-state index in [4.69, 9.17) is 0 Å². The molecule has 5 heteroatoms. The van der Waals surface area contributed by atoms with Gasteiger partial charge in [0.15, 0.2) is 0 Å². The number of nitrogens with zero attached hydrogens (tertiary/aromatic N) is 3. The number of benzene rings is 1. The van der Waals surface area contributed by atoms with Gasteiger partial charge < -0.3 is 10.0 Å². The van der Waals surface area contributed by atoms with E-state index >= 15 is 0 Å². The van der Waals surface area contributed by atoms with E-state index in [-0.39, 0.29) is 12.0 Å². The lowest BCUT2D eigenvalue weighted by molar-refractivity contribution is -0.132. The van der Waals surface area contributed by atoms with Crippen LogP contribution in [0, 0.1) is 5.92 Å². The van der Waals surface area contributed by atoms with E-state index in [0.717, 1.165) is 58.4 Å². The highest BCUT2D eigenvalue weighted by Crippen LogP contribution is 2.20. The van der Waals surface area contributed by atoms with Gasteiger partial charge in [-0.05, 0) is 56.8 Å². The molecule has 0 aliphatic carbocycles. The normalized spacial score (nSPS) is 23.1. The average molecular weight is 360 g/mol. The smallest absolute Gasteiger partial charge is 0.236 e. The van der Waals surface area contributed by atoms with E-state index in [1.54, 1.807) is 0 Å².